The van der Waals surface area contributed by atoms with Crippen molar-refractivity contribution in [1.29, 1.82) is 0 Å². The number of hydrogen-bond acceptors (Lipinski definition) is 4. The molecule has 2 unspecified atom stereocenters. The van der Waals surface area contributed by atoms with Crippen LogP contribution in [0.2, 0.25) is 0 Å². The van der Waals surface area contributed by atoms with Gasteiger partial charge in [-0.3, -0.25) is 9.09 Å². The smallest absolute Gasteiger partial charge is 0.332 e. The molecule has 0 amide bonds. The van der Waals surface area contributed by atoms with E-state index >= 15 is 0 Å². The Balaban J connectivity index is 2.74. The van der Waals surface area contributed by atoms with E-state index in [0.29, 0.717) is 5.56 Å². The Hall–Kier alpha value is -0.740. The molecule has 1 aromatic carbocycles. The minimum atomic E-state index is -3.28. The lowest BCUT2D eigenvalue weighted by atomic mass is 10.2. The van der Waals surface area contributed by atoms with Gasteiger partial charge in [0, 0.05) is 11.7 Å². The summed E-state index contributed by atoms with van der Waals surface area (Å²) < 4.78 is 34.6. The number of hydrogen-bond donors (Lipinski definition) is 1. The first-order chi connectivity index (χ1) is 8.00. The second-order valence-electron chi connectivity index (χ2n) is 3.35. The second kappa shape index (κ2) is 6.26. The highest BCUT2D eigenvalue weighted by atomic mass is 31.2. The van der Waals surface area contributed by atoms with Crippen LogP contribution in [0.5, 0.6) is 0 Å². The summed E-state index contributed by atoms with van der Waals surface area (Å²) in [5, 5.41) is 9.71. The van der Waals surface area contributed by atoms with Crippen molar-refractivity contribution in [3.8, 4) is 0 Å². The van der Waals surface area contributed by atoms with Gasteiger partial charge < -0.3 is 9.63 Å². The Bertz CT molecular complexity index is 393. The third kappa shape index (κ3) is 4.21. The van der Waals surface area contributed by atoms with Crippen molar-refractivity contribution in [2.75, 3.05) is 12.8 Å². The molecule has 1 rings (SSSR count). The van der Waals surface area contributed by atoms with Crippen LogP contribution in [0, 0.1) is 5.82 Å². The summed E-state index contributed by atoms with van der Waals surface area (Å²) in [5.74, 6) is -0.413. The van der Waals surface area contributed by atoms with E-state index in [0.717, 1.165) is 0 Å². The molecule has 0 saturated carbocycles. The highest BCUT2D eigenvalue weighted by molar-refractivity contribution is 7.53. The molecule has 0 aliphatic heterocycles. The molecule has 0 fully saturated rings. The summed E-state index contributed by atoms with van der Waals surface area (Å²) in [4.78, 5) is 0. The maximum Gasteiger partial charge on any atom is 0.332 e. The van der Waals surface area contributed by atoms with Crippen LogP contribution in [0.15, 0.2) is 24.3 Å². The average Bonchev–Trinajstić information content (AvgIpc) is 2.30. The highest BCUT2D eigenvalue weighted by Gasteiger charge is 2.26. The molecule has 1 N–H and O–H groups in total. The van der Waals surface area contributed by atoms with Crippen LogP contribution in [-0.2, 0) is 13.6 Å². The lowest BCUT2D eigenvalue weighted by Crippen LogP contribution is -2.05. The van der Waals surface area contributed by atoms with Gasteiger partial charge in [0.1, 0.15) is 5.82 Å². The van der Waals surface area contributed by atoms with E-state index < -0.39 is 19.7 Å². The third-order valence-electron chi connectivity index (χ3n) is 2.13. The third-order valence-corrected chi connectivity index (χ3v) is 4.08. The number of halogens is 1. The summed E-state index contributed by atoms with van der Waals surface area (Å²) in [6.07, 6.45) is -1.22. The maximum absolute atomic E-state index is 12.7. The average molecular weight is 262 g/mol. The van der Waals surface area contributed by atoms with Crippen molar-refractivity contribution in [3.63, 3.8) is 0 Å². The van der Waals surface area contributed by atoms with Gasteiger partial charge in [0.25, 0.3) is 0 Å². The molecule has 4 nitrogen and oxygen atoms in total. The Morgan fingerprint density at radius 2 is 1.94 bits per heavy atom. The lowest BCUT2D eigenvalue weighted by Gasteiger charge is -2.20. The van der Waals surface area contributed by atoms with Crippen LogP contribution in [-0.4, -0.2) is 17.9 Å². The number of aliphatic hydroxyl groups is 1. The van der Waals surface area contributed by atoms with Gasteiger partial charge in [-0.1, -0.05) is 19.1 Å². The van der Waals surface area contributed by atoms with Gasteiger partial charge in [-0.15, -0.1) is 0 Å². The van der Waals surface area contributed by atoms with E-state index in [1.807, 2.05) is 0 Å². The van der Waals surface area contributed by atoms with Gasteiger partial charge in [-0.25, -0.2) is 4.39 Å². The fourth-order valence-corrected chi connectivity index (χ4v) is 2.45. The van der Waals surface area contributed by atoms with E-state index in [9.17, 15) is 14.1 Å². The second-order valence-corrected chi connectivity index (χ2v) is 5.68. The Labute approximate surface area is 99.9 Å². The molecular weight excluding hydrogens is 246 g/mol. The van der Waals surface area contributed by atoms with Gasteiger partial charge in [0.2, 0.25) is 0 Å². The van der Waals surface area contributed by atoms with Crippen LogP contribution >= 0.6 is 7.60 Å². The molecule has 2 atom stereocenters. The van der Waals surface area contributed by atoms with E-state index in [1.165, 1.54) is 24.3 Å². The Morgan fingerprint density at radius 1 is 1.35 bits per heavy atom. The molecule has 0 heterocycles. The standard InChI is InChI=1S/C11H16FO4P/c1-3-15-17(14,4-2)16-11(13)9-5-7-10(12)8-6-9/h5-8,11,13H,3-4H2,1-2H3. The molecule has 6 heteroatoms. The molecule has 0 bridgehead atoms. The molecule has 0 aliphatic rings. The maximum atomic E-state index is 12.7. The minimum Gasteiger partial charge on any atom is -0.364 e. The van der Waals surface area contributed by atoms with Gasteiger partial charge in [-0.2, -0.15) is 0 Å². The van der Waals surface area contributed by atoms with Crippen molar-refractivity contribution in [2.24, 2.45) is 0 Å². The summed E-state index contributed by atoms with van der Waals surface area (Å²) in [6.45, 7) is 3.57. The van der Waals surface area contributed by atoms with E-state index in [1.54, 1.807) is 13.8 Å². The molecule has 0 radical (unpaired) electrons. The van der Waals surface area contributed by atoms with Crippen LogP contribution in [0.4, 0.5) is 4.39 Å². The van der Waals surface area contributed by atoms with Crippen LogP contribution in [0.25, 0.3) is 0 Å². The quantitative estimate of drug-likeness (QED) is 0.632. The largest absolute Gasteiger partial charge is 0.364 e. The van der Waals surface area contributed by atoms with E-state index in [-0.39, 0.29) is 12.8 Å². The molecule has 0 aliphatic carbocycles. The highest BCUT2D eigenvalue weighted by Crippen LogP contribution is 2.50. The fourth-order valence-electron chi connectivity index (χ4n) is 1.23. The van der Waals surface area contributed by atoms with E-state index in [4.69, 9.17) is 9.05 Å². The lowest BCUT2D eigenvalue weighted by molar-refractivity contribution is -0.0303. The van der Waals surface area contributed by atoms with Gasteiger partial charge in [-0.05, 0) is 19.1 Å². The molecule has 17 heavy (non-hydrogen) atoms. The van der Waals surface area contributed by atoms with Crippen LogP contribution < -0.4 is 0 Å². The van der Waals surface area contributed by atoms with Crippen molar-refractivity contribution in [2.45, 2.75) is 20.1 Å². The molecule has 0 saturated heterocycles. The number of benzene rings is 1. The Morgan fingerprint density at radius 3 is 2.41 bits per heavy atom. The molecule has 1 aromatic rings. The zero-order chi connectivity index (χ0) is 12.9. The molecule has 0 spiro atoms. The van der Waals surface area contributed by atoms with Crippen LogP contribution in [0.1, 0.15) is 25.7 Å². The predicted molar refractivity (Wildman–Crippen MR) is 62.2 cm³/mol. The zero-order valence-electron chi connectivity index (χ0n) is 9.80. The predicted octanol–water partition coefficient (Wildman–Crippen LogP) is 3.08. The summed E-state index contributed by atoms with van der Waals surface area (Å²) >= 11 is 0. The van der Waals surface area contributed by atoms with Crippen molar-refractivity contribution in [1.82, 2.24) is 0 Å². The summed E-state index contributed by atoms with van der Waals surface area (Å²) in [6, 6.07) is 5.12. The Kier molecular flexibility index (Phi) is 5.28. The van der Waals surface area contributed by atoms with Crippen LogP contribution in [0.3, 0.4) is 0 Å². The minimum absolute atomic E-state index is 0.166. The summed E-state index contributed by atoms with van der Waals surface area (Å²) in [7, 11) is -3.28. The first kappa shape index (κ1) is 14.3. The van der Waals surface area contributed by atoms with Crippen molar-refractivity contribution < 1.29 is 23.1 Å². The first-order valence-electron chi connectivity index (χ1n) is 5.36. The topological polar surface area (TPSA) is 55.8 Å². The zero-order valence-corrected chi connectivity index (χ0v) is 10.7. The van der Waals surface area contributed by atoms with E-state index in [2.05, 4.69) is 0 Å². The number of rotatable bonds is 6. The van der Waals surface area contributed by atoms with Gasteiger partial charge in [0.05, 0.1) is 6.61 Å². The fraction of sp³-hybridized carbons (Fsp3) is 0.455. The molecule has 96 valence electrons. The van der Waals surface area contributed by atoms with Gasteiger partial charge >= 0.3 is 7.60 Å². The first-order valence-corrected chi connectivity index (χ1v) is 7.09. The normalized spacial score (nSPS) is 16.5. The summed E-state index contributed by atoms with van der Waals surface area (Å²) in [5.41, 5.74) is 0.333. The van der Waals surface area contributed by atoms with Crippen molar-refractivity contribution in [3.05, 3.63) is 35.6 Å². The molecule has 0 aromatic heterocycles. The van der Waals surface area contributed by atoms with Gasteiger partial charge in [0.15, 0.2) is 6.29 Å². The monoisotopic (exact) mass is 262 g/mol. The van der Waals surface area contributed by atoms with Crippen molar-refractivity contribution >= 4 is 7.60 Å². The molecular formula is C11H16FO4P. The number of aliphatic hydroxyl groups excluding tert-OH is 1. The SMILES string of the molecule is CCOP(=O)(CC)OC(O)c1ccc(F)cc1.